The number of nitrogens with two attached hydrogens (primary N) is 1. The van der Waals surface area contributed by atoms with E-state index in [1.807, 2.05) is 6.92 Å². The number of anilines is 2. The molecule has 2 aromatic rings. The second kappa shape index (κ2) is 4.62. The van der Waals surface area contributed by atoms with Crippen molar-refractivity contribution in [1.29, 1.82) is 0 Å². The zero-order valence-corrected chi connectivity index (χ0v) is 11.7. The maximum absolute atomic E-state index is 12.2. The standard InChI is InChI=1S/C12H14N2O2S2/c1-8-7-12(9(2)17-8)18(15,16)14-11-6-4-3-5-10(11)13/h3-7,14H,13H2,1-2H3. The Hall–Kier alpha value is -1.53. The lowest BCUT2D eigenvalue weighted by molar-refractivity contribution is 0.601. The van der Waals surface area contributed by atoms with E-state index in [9.17, 15) is 8.42 Å². The Labute approximate surface area is 111 Å². The molecule has 0 unspecified atom stereocenters. The fourth-order valence-corrected chi connectivity index (χ4v) is 4.31. The Morgan fingerprint density at radius 1 is 1.22 bits per heavy atom. The first-order valence-corrected chi connectivity index (χ1v) is 7.64. The molecular formula is C12H14N2O2S2. The molecule has 1 aromatic heterocycles. The average molecular weight is 282 g/mol. The quantitative estimate of drug-likeness (QED) is 0.850. The molecule has 0 amide bonds. The Bertz CT molecular complexity index is 675. The lowest BCUT2D eigenvalue weighted by Crippen LogP contribution is -2.14. The van der Waals surface area contributed by atoms with Crippen LogP contribution in [0.25, 0.3) is 0 Å². The summed E-state index contributed by atoms with van der Waals surface area (Å²) >= 11 is 1.46. The first kappa shape index (κ1) is 12.9. The summed E-state index contributed by atoms with van der Waals surface area (Å²) in [5, 5.41) is 0. The third-order valence-corrected chi connectivity index (χ3v) is 5.08. The molecule has 3 N–H and O–H groups in total. The third-order valence-electron chi connectivity index (χ3n) is 2.49. The van der Waals surface area contributed by atoms with E-state index in [4.69, 9.17) is 5.73 Å². The van der Waals surface area contributed by atoms with Crippen molar-refractivity contribution in [3.8, 4) is 0 Å². The van der Waals surface area contributed by atoms with Crippen LogP contribution in [0.3, 0.4) is 0 Å². The highest BCUT2D eigenvalue weighted by molar-refractivity contribution is 7.93. The van der Waals surface area contributed by atoms with Crippen LogP contribution in [0.4, 0.5) is 11.4 Å². The number of rotatable bonds is 3. The van der Waals surface area contributed by atoms with Crippen LogP contribution in [0.2, 0.25) is 0 Å². The molecule has 1 heterocycles. The Morgan fingerprint density at radius 3 is 2.44 bits per heavy atom. The number of hydrogen-bond acceptors (Lipinski definition) is 4. The van der Waals surface area contributed by atoms with Crippen molar-refractivity contribution >= 4 is 32.7 Å². The van der Waals surface area contributed by atoms with Gasteiger partial charge in [-0.3, -0.25) is 4.72 Å². The minimum absolute atomic E-state index is 0.313. The zero-order valence-electron chi connectivity index (χ0n) is 10.1. The minimum Gasteiger partial charge on any atom is -0.397 e. The number of para-hydroxylation sites is 2. The van der Waals surface area contributed by atoms with Crippen molar-refractivity contribution in [3.05, 3.63) is 40.1 Å². The number of aryl methyl sites for hydroxylation is 2. The number of benzene rings is 1. The molecule has 0 saturated carbocycles. The van der Waals surface area contributed by atoms with Gasteiger partial charge in [0.2, 0.25) is 0 Å². The smallest absolute Gasteiger partial charge is 0.263 e. The van der Waals surface area contributed by atoms with Gasteiger partial charge >= 0.3 is 0 Å². The SMILES string of the molecule is Cc1cc(S(=O)(=O)Nc2ccccc2N)c(C)s1. The molecule has 0 fully saturated rings. The van der Waals surface area contributed by atoms with Gasteiger partial charge in [0.05, 0.1) is 11.4 Å². The number of nitrogens with one attached hydrogen (secondary N) is 1. The fraction of sp³-hybridized carbons (Fsp3) is 0.167. The van der Waals surface area contributed by atoms with Crippen LogP contribution in [0.15, 0.2) is 35.2 Å². The van der Waals surface area contributed by atoms with E-state index in [2.05, 4.69) is 4.72 Å². The zero-order chi connectivity index (χ0) is 13.3. The van der Waals surface area contributed by atoms with Gasteiger partial charge < -0.3 is 5.73 Å². The highest BCUT2D eigenvalue weighted by Gasteiger charge is 2.19. The van der Waals surface area contributed by atoms with Crippen LogP contribution in [0.1, 0.15) is 9.75 Å². The Kier molecular flexibility index (Phi) is 3.32. The maximum atomic E-state index is 12.2. The summed E-state index contributed by atoms with van der Waals surface area (Å²) in [4.78, 5) is 2.05. The summed E-state index contributed by atoms with van der Waals surface area (Å²) in [6.45, 7) is 3.67. The van der Waals surface area contributed by atoms with E-state index in [-0.39, 0.29) is 0 Å². The lowest BCUT2D eigenvalue weighted by Gasteiger charge is -2.09. The molecule has 6 heteroatoms. The summed E-state index contributed by atoms with van der Waals surface area (Å²) in [7, 11) is -3.57. The van der Waals surface area contributed by atoms with E-state index < -0.39 is 10.0 Å². The Balaban J connectivity index is 2.40. The van der Waals surface area contributed by atoms with Crippen molar-refractivity contribution in [3.63, 3.8) is 0 Å². The van der Waals surface area contributed by atoms with Crippen molar-refractivity contribution in [2.24, 2.45) is 0 Å². The molecule has 1 aromatic carbocycles. The monoisotopic (exact) mass is 282 g/mol. The van der Waals surface area contributed by atoms with E-state index >= 15 is 0 Å². The highest BCUT2D eigenvalue weighted by Crippen LogP contribution is 2.28. The molecule has 0 atom stereocenters. The van der Waals surface area contributed by atoms with Crippen LogP contribution in [-0.4, -0.2) is 8.42 Å². The largest absolute Gasteiger partial charge is 0.397 e. The van der Waals surface area contributed by atoms with Crippen LogP contribution in [0.5, 0.6) is 0 Å². The van der Waals surface area contributed by atoms with E-state index in [1.165, 1.54) is 11.3 Å². The first-order chi connectivity index (χ1) is 8.40. The van der Waals surface area contributed by atoms with Gasteiger partial charge in [-0.25, -0.2) is 8.42 Å². The molecule has 0 aliphatic heterocycles. The Morgan fingerprint density at radius 2 is 1.89 bits per heavy atom. The van der Waals surface area contributed by atoms with Crippen molar-refractivity contribution in [2.45, 2.75) is 18.7 Å². The van der Waals surface area contributed by atoms with Gasteiger partial charge in [0.25, 0.3) is 10.0 Å². The predicted molar refractivity (Wildman–Crippen MR) is 75.5 cm³/mol. The van der Waals surface area contributed by atoms with Crippen molar-refractivity contribution in [2.75, 3.05) is 10.5 Å². The number of sulfonamides is 1. The van der Waals surface area contributed by atoms with Gasteiger partial charge in [0.1, 0.15) is 4.90 Å². The molecule has 0 radical (unpaired) electrons. The molecule has 0 spiro atoms. The first-order valence-electron chi connectivity index (χ1n) is 5.34. The van der Waals surface area contributed by atoms with Gasteiger partial charge in [-0.05, 0) is 32.0 Å². The maximum Gasteiger partial charge on any atom is 0.263 e. The normalized spacial score (nSPS) is 11.4. The summed E-state index contributed by atoms with van der Waals surface area (Å²) in [6.07, 6.45) is 0. The molecule has 0 aliphatic rings. The van der Waals surface area contributed by atoms with Gasteiger partial charge in [-0.2, -0.15) is 0 Å². The van der Waals surface area contributed by atoms with Crippen LogP contribution in [0, 0.1) is 13.8 Å². The number of hydrogen-bond donors (Lipinski definition) is 2. The fourth-order valence-electron chi connectivity index (χ4n) is 1.66. The van der Waals surface area contributed by atoms with Gasteiger partial charge in [-0.15, -0.1) is 11.3 Å². The highest BCUT2D eigenvalue weighted by atomic mass is 32.2. The molecule has 18 heavy (non-hydrogen) atoms. The third kappa shape index (κ3) is 2.49. The second-order valence-electron chi connectivity index (χ2n) is 3.97. The molecule has 0 aliphatic carbocycles. The van der Waals surface area contributed by atoms with Crippen molar-refractivity contribution in [1.82, 2.24) is 0 Å². The van der Waals surface area contributed by atoms with Crippen molar-refractivity contribution < 1.29 is 8.42 Å². The molecular weight excluding hydrogens is 268 g/mol. The summed E-state index contributed by atoms with van der Waals surface area (Å²) in [6, 6.07) is 8.46. The summed E-state index contributed by atoms with van der Waals surface area (Å²) in [5.41, 5.74) is 6.54. The lowest BCUT2D eigenvalue weighted by atomic mass is 10.3. The predicted octanol–water partition coefficient (Wildman–Crippen LogP) is 2.75. The molecule has 0 bridgehead atoms. The molecule has 4 nitrogen and oxygen atoms in total. The average Bonchev–Trinajstić information content (AvgIpc) is 2.62. The molecule has 96 valence electrons. The van der Waals surface area contributed by atoms with E-state index in [1.54, 1.807) is 37.3 Å². The topological polar surface area (TPSA) is 72.2 Å². The van der Waals surface area contributed by atoms with Gasteiger partial charge in [0, 0.05) is 9.75 Å². The van der Waals surface area contributed by atoms with E-state index in [0.717, 1.165) is 9.75 Å². The molecule has 2 rings (SSSR count). The van der Waals surface area contributed by atoms with Gasteiger partial charge in [0.15, 0.2) is 0 Å². The van der Waals surface area contributed by atoms with Crippen LogP contribution >= 0.6 is 11.3 Å². The van der Waals surface area contributed by atoms with Crippen LogP contribution < -0.4 is 10.5 Å². The van der Waals surface area contributed by atoms with E-state index in [0.29, 0.717) is 16.3 Å². The molecule has 0 saturated heterocycles. The summed E-state index contributed by atoms with van der Waals surface area (Å²) in [5.74, 6) is 0. The minimum atomic E-state index is -3.57. The second-order valence-corrected chi connectivity index (χ2v) is 7.08. The number of thiophene rings is 1. The summed E-state index contributed by atoms with van der Waals surface area (Å²) < 4.78 is 27.0. The van der Waals surface area contributed by atoms with Crippen LogP contribution in [-0.2, 0) is 10.0 Å². The van der Waals surface area contributed by atoms with Gasteiger partial charge in [-0.1, -0.05) is 12.1 Å². The number of nitrogen functional groups attached to an aromatic ring is 1.